The molecule has 0 aliphatic carbocycles. The lowest BCUT2D eigenvalue weighted by molar-refractivity contribution is 0.983. The standard InChI is InChI=1S/C5H7ClN2S/c1-2-4-7-5(3-6)9-8-4/h2-3H2,1H3. The Balaban J connectivity index is 2.74. The molecule has 1 aromatic heterocycles. The van der Waals surface area contributed by atoms with Crippen molar-refractivity contribution >= 4 is 23.1 Å². The largest absolute Gasteiger partial charge is 0.223 e. The quantitative estimate of drug-likeness (QED) is 0.621. The van der Waals surface area contributed by atoms with E-state index < -0.39 is 0 Å². The Morgan fingerprint density at radius 2 is 2.44 bits per heavy atom. The van der Waals surface area contributed by atoms with Crippen LogP contribution in [0, 0.1) is 0 Å². The van der Waals surface area contributed by atoms with Gasteiger partial charge in [-0.2, -0.15) is 4.37 Å². The first-order valence-corrected chi connectivity index (χ1v) is 4.05. The Labute approximate surface area is 63.1 Å². The van der Waals surface area contributed by atoms with Crippen molar-refractivity contribution in [2.24, 2.45) is 0 Å². The van der Waals surface area contributed by atoms with Gasteiger partial charge in [-0.25, -0.2) is 4.98 Å². The average molecular weight is 163 g/mol. The summed E-state index contributed by atoms with van der Waals surface area (Å²) in [5.41, 5.74) is 0. The molecule has 0 aliphatic rings. The zero-order valence-electron chi connectivity index (χ0n) is 5.09. The molecule has 0 N–H and O–H groups in total. The number of halogens is 1. The van der Waals surface area contributed by atoms with Crippen molar-refractivity contribution in [3.63, 3.8) is 0 Å². The maximum atomic E-state index is 5.51. The summed E-state index contributed by atoms with van der Waals surface area (Å²) in [5, 5.41) is 0.911. The molecule has 0 radical (unpaired) electrons. The predicted molar refractivity (Wildman–Crippen MR) is 38.8 cm³/mol. The van der Waals surface area contributed by atoms with E-state index in [0.29, 0.717) is 5.88 Å². The third-order valence-electron chi connectivity index (χ3n) is 0.941. The van der Waals surface area contributed by atoms with Gasteiger partial charge in [0, 0.05) is 6.42 Å². The van der Waals surface area contributed by atoms with Crippen LogP contribution in [0.25, 0.3) is 0 Å². The molecule has 50 valence electrons. The van der Waals surface area contributed by atoms with Gasteiger partial charge in [-0.3, -0.25) is 0 Å². The second-order valence-electron chi connectivity index (χ2n) is 1.59. The normalized spacial score (nSPS) is 10.0. The van der Waals surface area contributed by atoms with Gasteiger partial charge in [-0.05, 0) is 11.5 Å². The summed E-state index contributed by atoms with van der Waals surface area (Å²) in [6, 6.07) is 0. The molecule has 9 heavy (non-hydrogen) atoms. The number of rotatable bonds is 2. The maximum absolute atomic E-state index is 5.51. The molecule has 4 heteroatoms. The lowest BCUT2D eigenvalue weighted by Gasteiger charge is -1.79. The van der Waals surface area contributed by atoms with E-state index in [1.54, 1.807) is 0 Å². The summed E-state index contributed by atoms with van der Waals surface area (Å²) in [7, 11) is 0. The maximum Gasteiger partial charge on any atom is 0.142 e. The van der Waals surface area contributed by atoms with Crippen molar-refractivity contribution in [2.45, 2.75) is 19.2 Å². The molecule has 1 heterocycles. The molecule has 0 unspecified atom stereocenters. The molecule has 0 amide bonds. The monoisotopic (exact) mass is 162 g/mol. The number of hydrogen-bond donors (Lipinski definition) is 0. The van der Waals surface area contributed by atoms with Crippen molar-refractivity contribution in [1.29, 1.82) is 0 Å². The van der Waals surface area contributed by atoms with E-state index in [4.69, 9.17) is 11.6 Å². The zero-order chi connectivity index (χ0) is 6.69. The van der Waals surface area contributed by atoms with Gasteiger partial charge in [0.15, 0.2) is 0 Å². The molecule has 0 bridgehead atoms. The van der Waals surface area contributed by atoms with Crippen molar-refractivity contribution in [2.75, 3.05) is 0 Å². The number of aromatic nitrogens is 2. The van der Waals surface area contributed by atoms with E-state index >= 15 is 0 Å². The van der Waals surface area contributed by atoms with Gasteiger partial charge < -0.3 is 0 Å². The second kappa shape index (κ2) is 3.13. The molecule has 1 aromatic rings. The second-order valence-corrected chi connectivity index (χ2v) is 2.70. The molecule has 0 fully saturated rings. The molecule has 2 nitrogen and oxygen atoms in total. The number of nitrogens with zero attached hydrogens (tertiary/aromatic N) is 2. The van der Waals surface area contributed by atoms with Crippen LogP contribution >= 0.6 is 23.1 Å². The van der Waals surface area contributed by atoms with Gasteiger partial charge in [-0.15, -0.1) is 11.6 Å². The van der Waals surface area contributed by atoms with Crippen molar-refractivity contribution in [1.82, 2.24) is 9.36 Å². The summed E-state index contributed by atoms with van der Waals surface area (Å²) >= 11 is 6.89. The summed E-state index contributed by atoms with van der Waals surface area (Å²) in [6.07, 6.45) is 0.896. The first-order valence-electron chi connectivity index (χ1n) is 2.74. The molecular weight excluding hydrogens is 156 g/mol. The molecular formula is C5H7ClN2S. The minimum Gasteiger partial charge on any atom is -0.223 e. The third kappa shape index (κ3) is 1.63. The Kier molecular flexibility index (Phi) is 2.42. The lowest BCUT2D eigenvalue weighted by atomic mass is 10.5. The van der Waals surface area contributed by atoms with Gasteiger partial charge in [0.2, 0.25) is 0 Å². The molecule has 0 saturated carbocycles. The fraction of sp³-hybridized carbons (Fsp3) is 0.600. The Morgan fingerprint density at radius 1 is 1.67 bits per heavy atom. The van der Waals surface area contributed by atoms with E-state index in [0.717, 1.165) is 17.3 Å². The fourth-order valence-corrected chi connectivity index (χ4v) is 1.27. The first kappa shape index (κ1) is 6.96. The van der Waals surface area contributed by atoms with Gasteiger partial charge in [0.1, 0.15) is 10.8 Å². The van der Waals surface area contributed by atoms with Gasteiger partial charge in [-0.1, -0.05) is 6.92 Å². The topological polar surface area (TPSA) is 25.8 Å². The smallest absolute Gasteiger partial charge is 0.142 e. The van der Waals surface area contributed by atoms with Crippen LogP contribution in [0.4, 0.5) is 0 Å². The van der Waals surface area contributed by atoms with E-state index in [1.807, 2.05) is 6.92 Å². The molecule has 1 rings (SSSR count). The number of alkyl halides is 1. The summed E-state index contributed by atoms with van der Waals surface area (Å²) in [6.45, 7) is 2.03. The minimum absolute atomic E-state index is 0.484. The molecule has 0 atom stereocenters. The van der Waals surface area contributed by atoms with Gasteiger partial charge in [0.25, 0.3) is 0 Å². The summed E-state index contributed by atoms with van der Waals surface area (Å²) in [4.78, 5) is 4.12. The van der Waals surface area contributed by atoms with Crippen molar-refractivity contribution < 1.29 is 0 Å². The molecule has 0 saturated heterocycles. The van der Waals surface area contributed by atoms with Crippen LogP contribution in [0.15, 0.2) is 0 Å². The van der Waals surface area contributed by atoms with Crippen LogP contribution in [-0.4, -0.2) is 9.36 Å². The summed E-state index contributed by atoms with van der Waals surface area (Å²) < 4.78 is 4.05. The SMILES string of the molecule is CCc1nsc(CCl)n1. The molecule has 0 aromatic carbocycles. The van der Waals surface area contributed by atoms with Crippen LogP contribution in [0.5, 0.6) is 0 Å². The Morgan fingerprint density at radius 3 is 2.78 bits per heavy atom. The summed E-state index contributed by atoms with van der Waals surface area (Å²) in [5.74, 6) is 1.38. The third-order valence-corrected chi connectivity index (χ3v) is 2.10. The highest BCUT2D eigenvalue weighted by Gasteiger charge is 1.98. The minimum atomic E-state index is 0.484. The van der Waals surface area contributed by atoms with Gasteiger partial charge in [0.05, 0.1) is 5.88 Å². The van der Waals surface area contributed by atoms with E-state index in [-0.39, 0.29) is 0 Å². The Hall–Kier alpha value is -0.150. The van der Waals surface area contributed by atoms with Crippen molar-refractivity contribution in [3.8, 4) is 0 Å². The Bertz CT molecular complexity index is 168. The van der Waals surface area contributed by atoms with Crippen LogP contribution in [-0.2, 0) is 12.3 Å². The number of aryl methyl sites for hydroxylation is 1. The zero-order valence-corrected chi connectivity index (χ0v) is 6.67. The van der Waals surface area contributed by atoms with E-state index in [2.05, 4.69) is 9.36 Å². The first-order chi connectivity index (χ1) is 4.36. The highest BCUT2D eigenvalue weighted by atomic mass is 35.5. The van der Waals surface area contributed by atoms with E-state index in [1.165, 1.54) is 11.5 Å². The van der Waals surface area contributed by atoms with Crippen LogP contribution in [0.3, 0.4) is 0 Å². The lowest BCUT2D eigenvalue weighted by Crippen LogP contribution is -1.81. The molecule has 0 aliphatic heterocycles. The van der Waals surface area contributed by atoms with Crippen LogP contribution in [0.2, 0.25) is 0 Å². The average Bonchev–Trinajstić information content (AvgIpc) is 2.34. The fourth-order valence-electron chi connectivity index (χ4n) is 0.488. The van der Waals surface area contributed by atoms with Crippen LogP contribution < -0.4 is 0 Å². The highest BCUT2D eigenvalue weighted by Crippen LogP contribution is 2.06. The van der Waals surface area contributed by atoms with Crippen molar-refractivity contribution in [3.05, 3.63) is 10.8 Å². The highest BCUT2D eigenvalue weighted by molar-refractivity contribution is 7.05. The number of hydrogen-bond acceptors (Lipinski definition) is 3. The molecule has 0 spiro atoms. The van der Waals surface area contributed by atoms with E-state index in [9.17, 15) is 0 Å². The van der Waals surface area contributed by atoms with Crippen LogP contribution in [0.1, 0.15) is 17.8 Å². The predicted octanol–water partition coefficient (Wildman–Crippen LogP) is 1.84. The van der Waals surface area contributed by atoms with Gasteiger partial charge >= 0.3 is 0 Å².